The van der Waals surface area contributed by atoms with E-state index in [1.54, 1.807) is 6.92 Å². The first-order valence-corrected chi connectivity index (χ1v) is 9.22. The van der Waals surface area contributed by atoms with Crippen molar-refractivity contribution in [1.82, 2.24) is 4.90 Å². The molecule has 1 aromatic rings. The van der Waals surface area contributed by atoms with Gasteiger partial charge in [0.25, 0.3) is 0 Å². The summed E-state index contributed by atoms with van der Waals surface area (Å²) in [6, 6.07) is 0. The standard InChI is InChI=1S/C13H23N3O3S2/c1-5-21(18,19)12-10(14)11(9(2)17)20-13(12)15-7-6-8-16(3)4/h15H,5-8,14H2,1-4H3. The number of hydrogen-bond donors (Lipinski definition) is 2. The number of carbonyl (C=O) groups excluding carboxylic acids is 1. The predicted molar refractivity (Wildman–Crippen MR) is 88.1 cm³/mol. The zero-order chi connectivity index (χ0) is 16.2. The second-order valence-electron chi connectivity index (χ2n) is 5.05. The molecule has 0 fully saturated rings. The van der Waals surface area contributed by atoms with Crippen molar-refractivity contribution >= 4 is 37.6 Å². The highest BCUT2D eigenvalue weighted by atomic mass is 32.2. The number of anilines is 2. The van der Waals surface area contributed by atoms with E-state index >= 15 is 0 Å². The van der Waals surface area contributed by atoms with Crippen molar-refractivity contribution in [3.05, 3.63) is 4.88 Å². The number of Topliss-reactive ketones (excluding diaryl/α,β-unsaturated/α-hetero) is 1. The first-order chi connectivity index (χ1) is 9.70. The molecule has 0 aromatic carbocycles. The second kappa shape index (κ2) is 7.24. The van der Waals surface area contributed by atoms with Crippen LogP contribution in [0.4, 0.5) is 10.7 Å². The Balaban J connectivity index is 3.07. The molecule has 1 aromatic heterocycles. The van der Waals surface area contributed by atoms with E-state index in [9.17, 15) is 13.2 Å². The molecule has 8 heteroatoms. The third-order valence-electron chi connectivity index (χ3n) is 2.98. The van der Waals surface area contributed by atoms with Crippen molar-refractivity contribution in [2.75, 3.05) is 44.0 Å². The van der Waals surface area contributed by atoms with Crippen molar-refractivity contribution in [2.45, 2.75) is 25.2 Å². The number of nitrogen functional groups attached to an aromatic ring is 1. The molecular formula is C13H23N3O3S2. The van der Waals surface area contributed by atoms with E-state index in [0.717, 1.165) is 24.3 Å². The highest BCUT2D eigenvalue weighted by Gasteiger charge is 2.27. The lowest BCUT2D eigenvalue weighted by Crippen LogP contribution is -2.17. The summed E-state index contributed by atoms with van der Waals surface area (Å²) in [5.74, 6) is -0.260. The molecule has 120 valence electrons. The van der Waals surface area contributed by atoms with E-state index in [-0.39, 0.29) is 22.1 Å². The molecule has 1 rings (SSSR count). The highest BCUT2D eigenvalue weighted by molar-refractivity contribution is 7.91. The number of ketones is 1. The fourth-order valence-corrected chi connectivity index (χ4v) is 4.44. The molecule has 0 aliphatic carbocycles. The van der Waals surface area contributed by atoms with Gasteiger partial charge in [-0.05, 0) is 27.1 Å². The Kier molecular flexibility index (Phi) is 6.18. The van der Waals surface area contributed by atoms with Crippen LogP contribution in [0.3, 0.4) is 0 Å². The molecular weight excluding hydrogens is 310 g/mol. The summed E-state index contributed by atoms with van der Waals surface area (Å²) in [4.78, 5) is 14.0. The van der Waals surface area contributed by atoms with E-state index in [1.165, 1.54) is 6.92 Å². The van der Waals surface area contributed by atoms with Crippen LogP contribution in [0, 0.1) is 0 Å². The summed E-state index contributed by atoms with van der Waals surface area (Å²) in [5.41, 5.74) is 5.95. The van der Waals surface area contributed by atoms with Crippen LogP contribution in [-0.4, -0.2) is 52.0 Å². The van der Waals surface area contributed by atoms with E-state index in [0.29, 0.717) is 16.4 Å². The van der Waals surface area contributed by atoms with Gasteiger partial charge in [0.05, 0.1) is 16.3 Å². The maximum absolute atomic E-state index is 12.2. The minimum Gasteiger partial charge on any atom is -0.396 e. The average molecular weight is 333 g/mol. The molecule has 0 unspecified atom stereocenters. The lowest BCUT2D eigenvalue weighted by Gasteiger charge is -2.11. The van der Waals surface area contributed by atoms with Crippen molar-refractivity contribution in [3.63, 3.8) is 0 Å². The largest absolute Gasteiger partial charge is 0.396 e. The van der Waals surface area contributed by atoms with Gasteiger partial charge >= 0.3 is 0 Å². The van der Waals surface area contributed by atoms with Crippen molar-refractivity contribution in [3.8, 4) is 0 Å². The van der Waals surface area contributed by atoms with Crippen LogP contribution in [0.2, 0.25) is 0 Å². The minimum atomic E-state index is -3.47. The molecule has 3 N–H and O–H groups in total. The van der Waals surface area contributed by atoms with Crippen molar-refractivity contribution in [2.24, 2.45) is 0 Å². The van der Waals surface area contributed by atoms with Gasteiger partial charge in [-0.3, -0.25) is 4.79 Å². The van der Waals surface area contributed by atoms with Gasteiger partial charge in [-0.1, -0.05) is 6.92 Å². The number of sulfone groups is 1. The van der Waals surface area contributed by atoms with Crippen LogP contribution >= 0.6 is 11.3 Å². The first kappa shape index (κ1) is 17.9. The molecule has 0 saturated heterocycles. The lowest BCUT2D eigenvalue weighted by molar-refractivity contribution is 0.102. The summed E-state index contributed by atoms with van der Waals surface area (Å²) in [6.07, 6.45) is 0.867. The maximum Gasteiger partial charge on any atom is 0.183 e. The zero-order valence-electron chi connectivity index (χ0n) is 12.9. The molecule has 0 spiro atoms. The summed E-state index contributed by atoms with van der Waals surface area (Å²) >= 11 is 1.12. The summed E-state index contributed by atoms with van der Waals surface area (Å²) in [7, 11) is 0.487. The van der Waals surface area contributed by atoms with Crippen LogP contribution in [0.25, 0.3) is 0 Å². The van der Waals surface area contributed by atoms with Crippen molar-refractivity contribution < 1.29 is 13.2 Å². The Morgan fingerprint density at radius 2 is 2.00 bits per heavy atom. The summed E-state index contributed by atoms with van der Waals surface area (Å²) in [5, 5.41) is 3.58. The normalized spacial score (nSPS) is 11.9. The first-order valence-electron chi connectivity index (χ1n) is 6.75. The van der Waals surface area contributed by atoms with Gasteiger partial charge in [0.2, 0.25) is 0 Å². The molecule has 0 aliphatic heterocycles. The number of thiophene rings is 1. The van der Waals surface area contributed by atoms with Crippen LogP contribution in [-0.2, 0) is 9.84 Å². The third-order valence-corrected chi connectivity index (χ3v) is 6.18. The van der Waals surface area contributed by atoms with Crippen LogP contribution in [0.5, 0.6) is 0 Å². The molecule has 0 atom stereocenters. The quantitative estimate of drug-likeness (QED) is 0.555. The molecule has 0 amide bonds. The fraction of sp³-hybridized carbons (Fsp3) is 0.615. The van der Waals surface area contributed by atoms with E-state index < -0.39 is 9.84 Å². The molecule has 21 heavy (non-hydrogen) atoms. The smallest absolute Gasteiger partial charge is 0.183 e. The number of rotatable bonds is 8. The van der Waals surface area contributed by atoms with Gasteiger partial charge < -0.3 is 16.0 Å². The highest BCUT2D eigenvalue weighted by Crippen LogP contribution is 2.39. The van der Waals surface area contributed by atoms with E-state index in [1.807, 2.05) is 14.1 Å². The average Bonchev–Trinajstić information content (AvgIpc) is 2.72. The van der Waals surface area contributed by atoms with Crippen LogP contribution < -0.4 is 11.1 Å². The molecule has 0 radical (unpaired) electrons. The van der Waals surface area contributed by atoms with Gasteiger partial charge in [-0.25, -0.2) is 8.42 Å². The molecule has 6 nitrogen and oxygen atoms in total. The molecule has 1 heterocycles. The second-order valence-corrected chi connectivity index (χ2v) is 8.28. The van der Waals surface area contributed by atoms with E-state index in [4.69, 9.17) is 5.73 Å². The molecule has 0 aliphatic rings. The molecule has 0 saturated carbocycles. The van der Waals surface area contributed by atoms with Crippen LogP contribution in [0.1, 0.15) is 29.9 Å². The number of nitrogens with two attached hydrogens (primary N) is 1. The van der Waals surface area contributed by atoms with Crippen LogP contribution in [0.15, 0.2) is 4.90 Å². The Hall–Kier alpha value is -1.12. The zero-order valence-corrected chi connectivity index (χ0v) is 14.5. The number of nitrogens with zero attached hydrogens (tertiary/aromatic N) is 1. The van der Waals surface area contributed by atoms with Gasteiger partial charge in [0.15, 0.2) is 15.6 Å². The van der Waals surface area contributed by atoms with Gasteiger partial charge in [0, 0.05) is 13.5 Å². The third kappa shape index (κ3) is 4.42. The van der Waals surface area contributed by atoms with Gasteiger partial charge in [0.1, 0.15) is 9.90 Å². The maximum atomic E-state index is 12.2. The topological polar surface area (TPSA) is 92.5 Å². The lowest BCUT2D eigenvalue weighted by atomic mass is 10.3. The number of hydrogen-bond acceptors (Lipinski definition) is 7. The van der Waals surface area contributed by atoms with Gasteiger partial charge in [-0.15, -0.1) is 11.3 Å². The summed E-state index contributed by atoms with van der Waals surface area (Å²) < 4.78 is 24.4. The Bertz CT molecular complexity index is 606. The Morgan fingerprint density at radius 3 is 2.48 bits per heavy atom. The molecule has 0 bridgehead atoms. The fourth-order valence-electron chi connectivity index (χ4n) is 1.86. The summed E-state index contributed by atoms with van der Waals surface area (Å²) in [6.45, 7) is 4.47. The van der Waals surface area contributed by atoms with E-state index in [2.05, 4.69) is 10.2 Å². The number of carbonyl (C=O) groups is 1. The number of nitrogens with one attached hydrogen (secondary N) is 1. The SMILES string of the molecule is CCS(=O)(=O)c1c(NCCCN(C)C)sc(C(C)=O)c1N. The monoisotopic (exact) mass is 333 g/mol. The Labute approximate surface area is 130 Å². The minimum absolute atomic E-state index is 0.0440. The van der Waals surface area contributed by atoms with Crippen molar-refractivity contribution in [1.29, 1.82) is 0 Å². The Morgan fingerprint density at radius 1 is 1.38 bits per heavy atom. The van der Waals surface area contributed by atoms with Gasteiger partial charge in [-0.2, -0.15) is 0 Å². The predicted octanol–water partition coefficient (Wildman–Crippen LogP) is 1.69.